The van der Waals surface area contributed by atoms with Crippen molar-refractivity contribution in [2.24, 2.45) is 0 Å². The molecule has 0 saturated carbocycles. The van der Waals surface area contributed by atoms with E-state index in [9.17, 15) is 0 Å². The van der Waals surface area contributed by atoms with E-state index in [1.807, 2.05) is 13.8 Å². The van der Waals surface area contributed by atoms with Crippen molar-refractivity contribution in [3.05, 3.63) is 50.8 Å². The average molecular weight is 321 g/mol. The number of nitrogens with zero attached hydrogens (tertiary/aromatic N) is 1. The van der Waals surface area contributed by atoms with Crippen LogP contribution in [0, 0.1) is 13.8 Å². The maximum absolute atomic E-state index is 5.20. The van der Waals surface area contributed by atoms with Gasteiger partial charge < -0.3 is 9.84 Å². The van der Waals surface area contributed by atoms with E-state index in [0.29, 0.717) is 6.04 Å². The minimum Gasteiger partial charge on any atom is -0.361 e. The first-order valence-corrected chi connectivity index (χ1v) is 7.38. The lowest BCUT2D eigenvalue weighted by Crippen LogP contribution is -2.19. The maximum Gasteiger partial charge on any atom is 0.138 e. The van der Waals surface area contributed by atoms with Crippen molar-refractivity contribution >= 4 is 15.9 Å². The highest BCUT2D eigenvalue weighted by atomic mass is 79.9. The summed E-state index contributed by atoms with van der Waals surface area (Å²) in [5.41, 5.74) is 5.05. The molecule has 2 aromatic rings. The van der Waals surface area contributed by atoms with E-state index < -0.39 is 0 Å². The fourth-order valence-electron chi connectivity index (χ4n) is 2.78. The first kappa shape index (κ1) is 12.9. The quantitative estimate of drug-likeness (QED) is 0.934. The summed E-state index contributed by atoms with van der Waals surface area (Å²) in [7, 11) is 0. The number of rotatable bonds is 3. The molecule has 1 unspecified atom stereocenters. The molecule has 0 bridgehead atoms. The van der Waals surface area contributed by atoms with Crippen LogP contribution in [0.25, 0.3) is 0 Å². The number of aromatic nitrogens is 1. The molecule has 19 heavy (non-hydrogen) atoms. The van der Waals surface area contributed by atoms with E-state index in [4.69, 9.17) is 4.52 Å². The van der Waals surface area contributed by atoms with Gasteiger partial charge in [0.1, 0.15) is 5.76 Å². The molecule has 100 valence electrons. The van der Waals surface area contributed by atoms with Gasteiger partial charge in [-0.25, -0.2) is 0 Å². The van der Waals surface area contributed by atoms with E-state index in [0.717, 1.165) is 35.3 Å². The van der Waals surface area contributed by atoms with Crippen molar-refractivity contribution in [1.29, 1.82) is 0 Å². The van der Waals surface area contributed by atoms with Crippen molar-refractivity contribution in [3.8, 4) is 0 Å². The lowest BCUT2D eigenvalue weighted by molar-refractivity contribution is 0.391. The van der Waals surface area contributed by atoms with E-state index >= 15 is 0 Å². The monoisotopic (exact) mass is 320 g/mol. The second-order valence-corrected chi connectivity index (χ2v) is 6.03. The maximum atomic E-state index is 5.20. The highest BCUT2D eigenvalue weighted by Gasteiger charge is 2.22. The van der Waals surface area contributed by atoms with Gasteiger partial charge in [-0.3, -0.25) is 0 Å². The Labute approximate surface area is 121 Å². The molecular formula is C15H17BrN2O. The van der Waals surface area contributed by atoms with Gasteiger partial charge in [0, 0.05) is 22.6 Å². The molecule has 1 atom stereocenters. The Kier molecular flexibility index (Phi) is 3.46. The van der Waals surface area contributed by atoms with Crippen LogP contribution in [0.1, 0.15) is 40.6 Å². The molecule has 1 aliphatic rings. The lowest BCUT2D eigenvalue weighted by atomic mass is 10.1. The Morgan fingerprint density at radius 2 is 2.26 bits per heavy atom. The molecule has 3 nitrogen and oxygen atoms in total. The van der Waals surface area contributed by atoms with E-state index in [1.54, 1.807) is 0 Å². The smallest absolute Gasteiger partial charge is 0.138 e. The summed E-state index contributed by atoms with van der Waals surface area (Å²) in [4.78, 5) is 0. The number of fused-ring (bicyclic) bond motifs is 1. The van der Waals surface area contributed by atoms with Crippen LogP contribution in [0.2, 0.25) is 0 Å². The van der Waals surface area contributed by atoms with Gasteiger partial charge in [0.05, 0.1) is 5.69 Å². The Balaban J connectivity index is 1.73. The SMILES string of the molecule is Cc1noc(C)c1CNC1CCc2cc(Br)ccc21. The summed E-state index contributed by atoms with van der Waals surface area (Å²) in [6.45, 7) is 4.78. The van der Waals surface area contributed by atoms with Crippen LogP contribution in [0.5, 0.6) is 0 Å². The third-order valence-corrected chi connectivity index (χ3v) is 4.38. The number of halogens is 1. The summed E-state index contributed by atoms with van der Waals surface area (Å²) >= 11 is 3.53. The molecule has 1 N–H and O–H groups in total. The highest BCUT2D eigenvalue weighted by molar-refractivity contribution is 9.10. The third-order valence-electron chi connectivity index (χ3n) is 3.89. The predicted octanol–water partition coefficient (Wildman–Crippen LogP) is 3.83. The molecule has 0 aliphatic heterocycles. The van der Waals surface area contributed by atoms with Crippen LogP contribution in [-0.4, -0.2) is 5.16 Å². The van der Waals surface area contributed by atoms with E-state index in [-0.39, 0.29) is 0 Å². The van der Waals surface area contributed by atoms with Crippen molar-refractivity contribution < 1.29 is 4.52 Å². The zero-order chi connectivity index (χ0) is 13.4. The van der Waals surface area contributed by atoms with Crippen molar-refractivity contribution in [3.63, 3.8) is 0 Å². The van der Waals surface area contributed by atoms with Crippen molar-refractivity contribution in [2.75, 3.05) is 0 Å². The highest BCUT2D eigenvalue weighted by Crippen LogP contribution is 2.33. The molecule has 3 rings (SSSR count). The fraction of sp³-hybridized carbons (Fsp3) is 0.400. The molecule has 0 radical (unpaired) electrons. The van der Waals surface area contributed by atoms with Crippen LogP contribution in [0.4, 0.5) is 0 Å². The molecule has 0 saturated heterocycles. The summed E-state index contributed by atoms with van der Waals surface area (Å²) in [6, 6.07) is 7.01. The summed E-state index contributed by atoms with van der Waals surface area (Å²) in [6.07, 6.45) is 2.31. The van der Waals surface area contributed by atoms with Gasteiger partial charge in [0.15, 0.2) is 0 Å². The minimum absolute atomic E-state index is 0.441. The van der Waals surface area contributed by atoms with Crippen LogP contribution < -0.4 is 5.32 Å². The first-order valence-electron chi connectivity index (χ1n) is 6.58. The molecule has 0 fully saturated rings. The van der Waals surface area contributed by atoms with Crippen LogP contribution >= 0.6 is 15.9 Å². The molecule has 1 aromatic carbocycles. The zero-order valence-electron chi connectivity index (χ0n) is 11.2. The first-order chi connectivity index (χ1) is 9.15. The van der Waals surface area contributed by atoms with E-state index in [1.165, 1.54) is 16.7 Å². The number of hydrogen-bond donors (Lipinski definition) is 1. The molecule has 4 heteroatoms. The summed E-state index contributed by atoms with van der Waals surface area (Å²) in [5.74, 6) is 0.916. The van der Waals surface area contributed by atoms with Crippen LogP contribution in [0.3, 0.4) is 0 Å². The molecule has 0 spiro atoms. The van der Waals surface area contributed by atoms with Gasteiger partial charge in [0.2, 0.25) is 0 Å². The predicted molar refractivity (Wildman–Crippen MR) is 78.0 cm³/mol. The largest absolute Gasteiger partial charge is 0.361 e. The molecule has 1 heterocycles. The van der Waals surface area contributed by atoms with Crippen molar-refractivity contribution in [2.45, 2.75) is 39.3 Å². The molecular weight excluding hydrogens is 304 g/mol. The van der Waals surface area contributed by atoms with Gasteiger partial charge in [-0.2, -0.15) is 0 Å². The lowest BCUT2D eigenvalue weighted by Gasteiger charge is -2.14. The Morgan fingerprint density at radius 3 is 3.00 bits per heavy atom. The fourth-order valence-corrected chi connectivity index (χ4v) is 3.19. The average Bonchev–Trinajstić information content (AvgIpc) is 2.92. The second-order valence-electron chi connectivity index (χ2n) is 5.12. The van der Waals surface area contributed by atoms with Gasteiger partial charge in [-0.15, -0.1) is 0 Å². The second kappa shape index (κ2) is 5.10. The molecule has 0 amide bonds. The Morgan fingerprint density at radius 1 is 1.42 bits per heavy atom. The van der Waals surface area contributed by atoms with Gasteiger partial charge in [-0.05, 0) is 49.9 Å². The standard InChI is InChI=1S/C15H17BrN2O/c1-9-14(10(2)19-18-9)8-17-15-6-3-11-7-12(16)4-5-13(11)15/h4-5,7,15,17H,3,6,8H2,1-2H3. The molecule has 1 aliphatic carbocycles. The zero-order valence-corrected chi connectivity index (χ0v) is 12.8. The number of benzene rings is 1. The summed E-state index contributed by atoms with van der Waals surface area (Å²) < 4.78 is 6.36. The third kappa shape index (κ3) is 2.47. The Bertz CT molecular complexity index is 587. The minimum atomic E-state index is 0.441. The Hall–Kier alpha value is -1.13. The number of nitrogens with one attached hydrogen (secondary N) is 1. The number of hydrogen-bond acceptors (Lipinski definition) is 3. The van der Waals surface area contributed by atoms with E-state index in [2.05, 4.69) is 44.6 Å². The summed E-state index contributed by atoms with van der Waals surface area (Å²) in [5, 5.41) is 7.62. The van der Waals surface area contributed by atoms with Gasteiger partial charge in [-0.1, -0.05) is 27.2 Å². The normalized spacial score (nSPS) is 17.7. The van der Waals surface area contributed by atoms with Crippen LogP contribution in [0.15, 0.2) is 27.2 Å². The van der Waals surface area contributed by atoms with Gasteiger partial charge >= 0.3 is 0 Å². The topological polar surface area (TPSA) is 38.1 Å². The molecule has 1 aromatic heterocycles. The van der Waals surface area contributed by atoms with Crippen LogP contribution in [-0.2, 0) is 13.0 Å². The van der Waals surface area contributed by atoms with Crippen molar-refractivity contribution in [1.82, 2.24) is 10.5 Å². The number of aryl methyl sites for hydroxylation is 3. The van der Waals surface area contributed by atoms with Gasteiger partial charge in [0.25, 0.3) is 0 Å².